The summed E-state index contributed by atoms with van der Waals surface area (Å²) in [7, 11) is 0. The molecule has 0 bridgehead atoms. The summed E-state index contributed by atoms with van der Waals surface area (Å²) < 4.78 is 2.28. The van der Waals surface area contributed by atoms with Gasteiger partial charge in [-0.05, 0) is 77.9 Å². The SMILES string of the molecule is N#Cc1cc(C#N)cc(-c2ccc3c(c2)c2ccccc2n3-c2ccc(-c3nc(-c4ccccc4)cc(-c4ccccc4)n3)cc2-c2nc(-c3ccccc3)cc(-c3ccccc3)n2)c1. The number of para-hydroxylation sites is 1. The standard InChI is InChI=1S/C58H35N7/c59-36-38-29-39(37-60)31-46(30-38)44-25-27-55-48(32-44)47-23-13-14-24-54(47)65(55)56-28-26-45(57-61-50(40-15-5-1-6-16-40)34-51(62-57)41-17-7-2-8-18-41)33-49(56)58-63-52(42-19-9-3-10-20-42)35-53(64-58)43-21-11-4-12-22-43/h1-35H. The summed E-state index contributed by atoms with van der Waals surface area (Å²) in [6.45, 7) is 0. The smallest absolute Gasteiger partial charge is 0.162 e. The van der Waals surface area contributed by atoms with Gasteiger partial charge >= 0.3 is 0 Å². The molecule has 0 fully saturated rings. The third-order valence-electron chi connectivity index (χ3n) is 11.7. The molecule has 0 amide bonds. The molecule has 0 atom stereocenters. The Hall–Kier alpha value is -9.30. The molecule has 0 N–H and O–H groups in total. The van der Waals surface area contributed by atoms with Gasteiger partial charge in [0, 0.05) is 44.2 Å². The molecule has 0 saturated heterocycles. The summed E-state index contributed by atoms with van der Waals surface area (Å²) >= 11 is 0. The summed E-state index contributed by atoms with van der Waals surface area (Å²) in [4.78, 5) is 21.2. The van der Waals surface area contributed by atoms with Crippen LogP contribution >= 0.6 is 0 Å². The van der Waals surface area contributed by atoms with Gasteiger partial charge < -0.3 is 4.57 Å². The minimum Gasteiger partial charge on any atom is -0.309 e. The molecule has 0 radical (unpaired) electrons. The Morgan fingerprint density at radius 3 is 1.28 bits per heavy atom. The number of rotatable bonds is 8. The minimum absolute atomic E-state index is 0.438. The first kappa shape index (κ1) is 38.6. The second kappa shape index (κ2) is 16.5. The Labute approximate surface area is 375 Å². The first-order valence-corrected chi connectivity index (χ1v) is 21.2. The predicted molar refractivity (Wildman–Crippen MR) is 259 cm³/mol. The minimum atomic E-state index is 0.438. The molecule has 0 spiro atoms. The Bertz CT molecular complexity index is 3520. The maximum atomic E-state index is 9.80. The third kappa shape index (κ3) is 7.36. The van der Waals surface area contributed by atoms with Crippen molar-refractivity contribution in [1.29, 1.82) is 10.5 Å². The van der Waals surface area contributed by atoms with Crippen molar-refractivity contribution in [1.82, 2.24) is 24.5 Å². The van der Waals surface area contributed by atoms with E-state index in [-0.39, 0.29) is 0 Å². The number of benzene rings is 8. The molecule has 0 saturated carbocycles. The second-order valence-corrected chi connectivity index (χ2v) is 15.7. The van der Waals surface area contributed by atoms with Gasteiger partial charge in [-0.25, -0.2) is 19.9 Å². The van der Waals surface area contributed by atoms with Crippen molar-refractivity contribution in [3.63, 3.8) is 0 Å². The Morgan fingerprint density at radius 2 is 0.769 bits per heavy atom. The van der Waals surface area contributed by atoms with Gasteiger partial charge in [-0.3, -0.25) is 0 Å². The number of nitriles is 2. The molecule has 302 valence electrons. The fourth-order valence-corrected chi connectivity index (χ4v) is 8.56. The van der Waals surface area contributed by atoms with Crippen LogP contribution in [-0.2, 0) is 0 Å². The maximum Gasteiger partial charge on any atom is 0.162 e. The number of aromatic nitrogens is 5. The quantitative estimate of drug-likeness (QED) is 0.151. The van der Waals surface area contributed by atoms with Gasteiger partial charge in [0.05, 0.1) is 62.8 Å². The molecule has 3 heterocycles. The maximum absolute atomic E-state index is 9.80. The molecule has 8 aromatic carbocycles. The molecule has 0 aliphatic heterocycles. The summed E-state index contributed by atoms with van der Waals surface area (Å²) in [5.41, 5.74) is 14.2. The summed E-state index contributed by atoms with van der Waals surface area (Å²) in [5, 5.41) is 21.7. The van der Waals surface area contributed by atoms with Gasteiger partial charge in [0.25, 0.3) is 0 Å². The topological polar surface area (TPSA) is 104 Å². The lowest BCUT2D eigenvalue weighted by Crippen LogP contribution is -2.03. The number of fused-ring (bicyclic) bond motifs is 3. The van der Waals surface area contributed by atoms with E-state index in [0.29, 0.717) is 22.8 Å². The molecule has 65 heavy (non-hydrogen) atoms. The van der Waals surface area contributed by atoms with Crippen LogP contribution in [0.5, 0.6) is 0 Å². The van der Waals surface area contributed by atoms with Crippen molar-refractivity contribution < 1.29 is 0 Å². The molecule has 0 aliphatic rings. The molecule has 7 heteroatoms. The van der Waals surface area contributed by atoms with Gasteiger partial charge in [-0.2, -0.15) is 10.5 Å². The molecule has 11 aromatic rings. The number of hydrogen-bond donors (Lipinski definition) is 0. The van der Waals surface area contributed by atoms with Gasteiger partial charge in [0.15, 0.2) is 11.6 Å². The van der Waals surface area contributed by atoms with Gasteiger partial charge in [-0.15, -0.1) is 0 Å². The van der Waals surface area contributed by atoms with Crippen molar-refractivity contribution in [3.05, 3.63) is 223 Å². The van der Waals surface area contributed by atoms with Crippen molar-refractivity contribution in [2.45, 2.75) is 0 Å². The van der Waals surface area contributed by atoms with Gasteiger partial charge in [0.2, 0.25) is 0 Å². The number of hydrogen-bond acceptors (Lipinski definition) is 6. The fourth-order valence-electron chi connectivity index (χ4n) is 8.56. The highest BCUT2D eigenvalue weighted by Crippen LogP contribution is 2.40. The third-order valence-corrected chi connectivity index (χ3v) is 11.7. The zero-order chi connectivity index (χ0) is 43.7. The lowest BCUT2D eigenvalue weighted by molar-refractivity contribution is 1.13. The van der Waals surface area contributed by atoms with E-state index >= 15 is 0 Å². The van der Waals surface area contributed by atoms with Crippen molar-refractivity contribution in [3.8, 4) is 96.8 Å². The van der Waals surface area contributed by atoms with Crippen LogP contribution in [0.1, 0.15) is 11.1 Å². The molecular formula is C58H35N7. The zero-order valence-electron chi connectivity index (χ0n) is 34.8. The Balaban J connectivity index is 1.19. The van der Waals surface area contributed by atoms with E-state index in [9.17, 15) is 10.5 Å². The van der Waals surface area contributed by atoms with Crippen molar-refractivity contribution in [2.75, 3.05) is 0 Å². The van der Waals surface area contributed by atoms with Crippen LogP contribution in [0, 0.1) is 22.7 Å². The van der Waals surface area contributed by atoms with E-state index in [0.717, 1.165) is 94.8 Å². The average molecular weight is 830 g/mol. The van der Waals surface area contributed by atoms with Crippen LogP contribution in [0.4, 0.5) is 0 Å². The molecule has 0 aliphatic carbocycles. The molecule has 7 nitrogen and oxygen atoms in total. The van der Waals surface area contributed by atoms with E-state index in [1.54, 1.807) is 6.07 Å². The molecule has 3 aromatic heterocycles. The average Bonchev–Trinajstić information content (AvgIpc) is 3.72. The van der Waals surface area contributed by atoms with E-state index in [1.807, 2.05) is 97.1 Å². The highest BCUT2D eigenvalue weighted by molar-refractivity contribution is 6.11. The van der Waals surface area contributed by atoms with Crippen LogP contribution in [0.15, 0.2) is 212 Å². The highest BCUT2D eigenvalue weighted by atomic mass is 15.0. The lowest BCUT2D eigenvalue weighted by Gasteiger charge is -2.17. The van der Waals surface area contributed by atoms with Crippen LogP contribution in [0.3, 0.4) is 0 Å². The van der Waals surface area contributed by atoms with E-state index in [1.165, 1.54) is 0 Å². The second-order valence-electron chi connectivity index (χ2n) is 15.7. The van der Waals surface area contributed by atoms with E-state index in [4.69, 9.17) is 19.9 Å². The van der Waals surface area contributed by atoms with E-state index < -0.39 is 0 Å². The van der Waals surface area contributed by atoms with Crippen LogP contribution in [0.25, 0.3) is 106 Å². The Kier molecular flexibility index (Phi) is 9.82. The van der Waals surface area contributed by atoms with Gasteiger partial charge in [0.1, 0.15) is 0 Å². The normalized spacial score (nSPS) is 11.0. The first-order chi connectivity index (χ1) is 32.1. The van der Waals surface area contributed by atoms with Crippen LogP contribution in [-0.4, -0.2) is 24.5 Å². The number of nitrogens with zero attached hydrogens (tertiary/aromatic N) is 7. The summed E-state index contributed by atoms with van der Waals surface area (Å²) in [6, 6.07) is 75.6. The molecule has 11 rings (SSSR count). The van der Waals surface area contributed by atoms with Crippen LogP contribution < -0.4 is 0 Å². The van der Waals surface area contributed by atoms with Crippen LogP contribution in [0.2, 0.25) is 0 Å². The van der Waals surface area contributed by atoms with Crippen molar-refractivity contribution >= 4 is 21.8 Å². The first-order valence-electron chi connectivity index (χ1n) is 21.2. The highest BCUT2D eigenvalue weighted by Gasteiger charge is 2.22. The Morgan fingerprint density at radius 1 is 0.323 bits per heavy atom. The summed E-state index contributed by atoms with van der Waals surface area (Å²) in [5.74, 6) is 1.12. The van der Waals surface area contributed by atoms with E-state index in [2.05, 4.69) is 126 Å². The fraction of sp³-hybridized carbons (Fsp3) is 0. The molecular weight excluding hydrogens is 795 g/mol. The predicted octanol–water partition coefficient (Wildman–Crippen LogP) is 13.8. The van der Waals surface area contributed by atoms with Crippen molar-refractivity contribution in [2.24, 2.45) is 0 Å². The molecule has 0 unspecified atom stereocenters. The monoisotopic (exact) mass is 829 g/mol. The zero-order valence-corrected chi connectivity index (χ0v) is 34.8. The largest absolute Gasteiger partial charge is 0.309 e. The summed E-state index contributed by atoms with van der Waals surface area (Å²) in [6.07, 6.45) is 0. The van der Waals surface area contributed by atoms with Gasteiger partial charge in [-0.1, -0.05) is 146 Å². The lowest BCUT2D eigenvalue weighted by atomic mass is 9.99.